The van der Waals surface area contributed by atoms with E-state index in [4.69, 9.17) is 10.5 Å². The van der Waals surface area contributed by atoms with Crippen molar-refractivity contribution < 1.29 is 14.3 Å². The van der Waals surface area contributed by atoms with Crippen molar-refractivity contribution in [1.29, 1.82) is 0 Å². The summed E-state index contributed by atoms with van der Waals surface area (Å²) < 4.78 is 5.63. The highest BCUT2D eigenvalue weighted by atomic mass is 32.2. The van der Waals surface area contributed by atoms with E-state index in [1.165, 1.54) is 5.56 Å². The molecule has 0 bridgehead atoms. The van der Waals surface area contributed by atoms with Crippen LogP contribution in [-0.2, 0) is 11.2 Å². The van der Waals surface area contributed by atoms with Gasteiger partial charge in [-0.25, -0.2) is 4.79 Å². The second-order valence-corrected chi connectivity index (χ2v) is 7.59. The number of urea groups is 1. The van der Waals surface area contributed by atoms with Gasteiger partial charge in [-0.05, 0) is 69.7 Å². The Kier molecular flexibility index (Phi) is 9.95. The van der Waals surface area contributed by atoms with Crippen LogP contribution in [0.4, 0.5) is 4.79 Å². The number of ether oxygens (including phenoxy) is 1. The van der Waals surface area contributed by atoms with Crippen LogP contribution in [0.2, 0.25) is 0 Å². The number of carbonyl (C=O) groups excluding carboxylic acids is 2. The SMILES string of the molecule is CSCCC(NC(N)=O)C(=O)NC(C)CCc1ccc(OC(C)C)cc1. The zero-order chi connectivity index (χ0) is 19.5. The van der Waals surface area contributed by atoms with Crippen LogP contribution in [0.15, 0.2) is 24.3 Å². The molecule has 0 aliphatic rings. The number of carbonyl (C=O) groups is 2. The first kappa shape index (κ1) is 22.2. The van der Waals surface area contributed by atoms with Gasteiger partial charge in [0.15, 0.2) is 0 Å². The summed E-state index contributed by atoms with van der Waals surface area (Å²) in [4.78, 5) is 23.4. The zero-order valence-corrected chi connectivity index (χ0v) is 16.9. The zero-order valence-electron chi connectivity index (χ0n) is 16.1. The maximum absolute atomic E-state index is 12.3. The Morgan fingerprint density at radius 3 is 2.31 bits per heavy atom. The first-order valence-corrected chi connectivity index (χ1v) is 10.3. The molecule has 0 radical (unpaired) electrons. The molecule has 146 valence electrons. The molecule has 0 aromatic heterocycles. The van der Waals surface area contributed by atoms with Crippen LogP contribution in [0.1, 0.15) is 39.2 Å². The highest BCUT2D eigenvalue weighted by molar-refractivity contribution is 7.98. The largest absolute Gasteiger partial charge is 0.491 e. The van der Waals surface area contributed by atoms with Crippen molar-refractivity contribution in [3.63, 3.8) is 0 Å². The number of rotatable bonds is 11. The third-order valence-corrected chi connectivity index (χ3v) is 4.44. The molecule has 2 atom stereocenters. The molecule has 1 aromatic carbocycles. The molecule has 0 heterocycles. The Balaban J connectivity index is 2.47. The molecule has 0 aliphatic carbocycles. The van der Waals surface area contributed by atoms with Crippen molar-refractivity contribution in [2.75, 3.05) is 12.0 Å². The summed E-state index contributed by atoms with van der Waals surface area (Å²) in [6.07, 6.45) is 4.33. The lowest BCUT2D eigenvalue weighted by Gasteiger charge is -2.20. The summed E-state index contributed by atoms with van der Waals surface area (Å²) in [6, 6.07) is 6.75. The first-order valence-electron chi connectivity index (χ1n) is 8.92. The molecule has 2 unspecified atom stereocenters. The number of hydrogen-bond donors (Lipinski definition) is 3. The average Bonchev–Trinajstić information content (AvgIpc) is 2.57. The molecule has 0 saturated heterocycles. The highest BCUT2D eigenvalue weighted by Crippen LogP contribution is 2.15. The van der Waals surface area contributed by atoms with Crippen LogP contribution in [0.5, 0.6) is 5.75 Å². The van der Waals surface area contributed by atoms with Gasteiger partial charge in [0.2, 0.25) is 5.91 Å². The minimum atomic E-state index is -0.678. The minimum Gasteiger partial charge on any atom is -0.491 e. The maximum Gasteiger partial charge on any atom is 0.312 e. The second kappa shape index (κ2) is 11.7. The molecule has 3 amide bonds. The number of nitrogens with one attached hydrogen (secondary N) is 2. The van der Waals surface area contributed by atoms with Gasteiger partial charge in [0.1, 0.15) is 11.8 Å². The predicted molar refractivity (Wildman–Crippen MR) is 108 cm³/mol. The Morgan fingerprint density at radius 1 is 1.12 bits per heavy atom. The van der Waals surface area contributed by atoms with E-state index >= 15 is 0 Å². The van der Waals surface area contributed by atoms with Gasteiger partial charge in [0.05, 0.1) is 6.10 Å². The molecule has 0 fully saturated rings. The lowest BCUT2D eigenvalue weighted by molar-refractivity contribution is -0.123. The number of nitrogens with two attached hydrogens (primary N) is 1. The Labute approximate surface area is 160 Å². The lowest BCUT2D eigenvalue weighted by atomic mass is 10.1. The summed E-state index contributed by atoms with van der Waals surface area (Å²) in [5.41, 5.74) is 6.35. The number of aryl methyl sites for hydroxylation is 1. The standard InChI is InChI=1S/C19H31N3O3S/c1-13(2)25-16-9-7-15(8-10-16)6-5-14(3)21-18(23)17(11-12-26-4)22-19(20)24/h7-10,13-14,17H,5-6,11-12H2,1-4H3,(H,21,23)(H3,20,22,24). The highest BCUT2D eigenvalue weighted by Gasteiger charge is 2.20. The molecule has 1 rings (SSSR count). The average molecular weight is 382 g/mol. The van der Waals surface area contributed by atoms with E-state index in [0.29, 0.717) is 6.42 Å². The van der Waals surface area contributed by atoms with E-state index in [9.17, 15) is 9.59 Å². The van der Waals surface area contributed by atoms with Crippen molar-refractivity contribution in [3.8, 4) is 5.75 Å². The fraction of sp³-hybridized carbons (Fsp3) is 0.579. The number of amides is 3. The second-order valence-electron chi connectivity index (χ2n) is 6.60. The quantitative estimate of drug-likeness (QED) is 0.549. The van der Waals surface area contributed by atoms with Crippen molar-refractivity contribution in [1.82, 2.24) is 10.6 Å². The Hall–Kier alpha value is -1.89. The van der Waals surface area contributed by atoms with Gasteiger partial charge < -0.3 is 21.1 Å². The summed E-state index contributed by atoms with van der Waals surface area (Å²) in [7, 11) is 0. The molecule has 0 spiro atoms. The summed E-state index contributed by atoms with van der Waals surface area (Å²) >= 11 is 1.62. The van der Waals surface area contributed by atoms with Crippen molar-refractivity contribution in [2.45, 2.75) is 58.2 Å². The van der Waals surface area contributed by atoms with Gasteiger partial charge in [-0.3, -0.25) is 4.79 Å². The van der Waals surface area contributed by atoms with E-state index in [0.717, 1.165) is 24.3 Å². The normalized spacial score (nSPS) is 13.1. The van der Waals surface area contributed by atoms with Crippen LogP contribution >= 0.6 is 11.8 Å². The monoisotopic (exact) mass is 381 g/mol. The fourth-order valence-corrected chi connectivity index (χ4v) is 2.95. The molecule has 0 aliphatic heterocycles. The van der Waals surface area contributed by atoms with Gasteiger partial charge in [-0.15, -0.1) is 0 Å². The summed E-state index contributed by atoms with van der Waals surface area (Å²) in [5.74, 6) is 1.45. The van der Waals surface area contributed by atoms with Crippen molar-refractivity contribution in [3.05, 3.63) is 29.8 Å². The Morgan fingerprint density at radius 2 is 1.77 bits per heavy atom. The van der Waals surface area contributed by atoms with E-state index in [-0.39, 0.29) is 18.1 Å². The smallest absolute Gasteiger partial charge is 0.312 e. The van der Waals surface area contributed by atoms with E-state index in [1.807, 2.05) is 51.3 Å². The molecular formula is C19H31N3O3S. The van der Waals surface area contributed by atoms with Gasteiger partial charge in [-0.1, -0.05) is 12.1 Å². The minimum absolute atomic E-state index is 0.000506. The summed E-state index contributed by atoms with van der Waals surface area (Å²) in [6.45, 7) is 5.96. The molecule has 1 aromatic rings. The molecule has 26 heavy (non-hydrogen) atoms. The van der Waals surface area contributed by atoms with Crippen LogP contribution < -0.4 is 21.1 Å². The van der Waals surface area contributed by atoms with Gasteiger partial charge in [0, 0.05) is 6.04 Å². The van der Waals surface area contributed by atoms with Gasteiger partial charge in [-0.2, -0.15) is 11.8 Å². The van der Waals surface area contributed by atoms with E-state index in [2.05, 4.69) is 10.6 Å². The number of benzene rings is 1. The van der Waals surface area contributed by atoms with Crippen molar-refractivity contribution >= 4 is 23.7 Å². The van der Waals surface area contributed by atoms with Crippen LogP contribution in [0.25, 0.3) is 0 Å². The first-order chi connectivity index (χ1) is 12.3. The third kappa shape index (κ3) is 8.99. The predicted octanol–water partition coefficient (Wildman–Crippen LogP) is 2.70. The number of thioether (sulfide) groups is 1. The number of hydrogen-bond acceptors (Lipinski definition) is 4. The third-order valence-electron chi connectivity index (χ3n) is 3.79. The fourth-order valence-electron chi connectivity index (χ4n) is 2.48. The molecular weight excluding hydrogens is 350 g/mol. The van der Waals surface area contributed by atoms with E-state index in [1.54, 1.807) is 11.8 Å². The number of primary amides is 1. The van der Waals surface area contributed by atoms with E-state index < -0.39 is 12.1 Å². The Bertz CT molecular complexity index is 564. The van der Waals surface area contributed by atoms with Crippen LogP contribution in [-0.4, -0.2) is 42.1 Å². The lowest BCUT2D eigenvalue weighted by Crippen LogP contribution is -2.50. The molecule has 7 heteroatoms. The van der Waals surface area contributed by atoms with Crippen molar-refractivity contribution in [2.24, 2.45) is 5.73 Å². The maximum atomic E-state index is 12.3. The summed E-state index contributed by atoms with van der Waals surface area (Å²) in [5, 5.41) is 5.47. The molecule has 4 N–H and O–H groups in total. The molecule has 6 nitrogen and oxygen atoms in total. The van der Waals surface area contributed by atoms with Gasteiger partial charge in [0.25, 0.3) is 0 Å². The van der Waals surface area contributed by atoms with Crippen LogP contribution in [0.3, 0.4) is 0 Å². The topological polar surface area (TPSA) is 93.5 Å². The van der Waals surface area contributed by atoms with Crippen LogP contribution in [0, 0.1) is 0 Å². The molecule has 0 saturated carbocycles. The van der Waals surface area contributed by atoms with Gasteiger partial charge >= 0.3 is 6.03 Å².